The van der Waals surface area contributed by atoms with Gasteiger partial charge in [0.15, 0.2) is 5.16 Å². The Balaban J connectivity index is 1.60. The van der Waals surface area contributed by atoms with Crippen LogP contribution in [0.15, 0.2) is 82.7 Å². The standard InChI is InChI=1S/C26H24FN3O2S/c1-17(2)20-7-3-5-9-22(20)28-24(31)16-33-26-29-23-10-6-4-8-21(23)25(32)30(26)15-18-11-13-19(27)14-12-18/h3-14,17H,15-16H2,1-2H3,(H,28,31). The maximum absolute atomic E-state index is 13.3. The van der Waals surface area contributed by atoms with E-state index in [-0.39, 0.29) is 35.5 Å². The van der Waals surface area contributed by atoms with Gasteiger partial charge < -0.3 is 5.32 Å². The Labute approximate surface area is 195 Å². The third-order valence-corrected chi connectivity index (χ3v) is 6.25. The highest BCUT2D eigenvalue weighted by Gasteiger charge is 2.15. The van der Waals surface area contributed by atoms with Gasteiger partial charge >= 0.3 is 0 Å². The molecule has 0 saturated carbocycles. The van der Waals surface area contributed by atoms with Crippen LogP contribution in [0.4, 0.5) is 10.1 Å². The molecule has 1 N–H and O–H groups in total. The van der Waals surface area contributed by atoms with Crippen molar-refractivity contribution in [2.24, 2.45) is 0 Å². The fraction of sp³-hybridized carbons (Fsp3) is 0.192. The van der Waals surface area contributed by atoms with Crippen LogP contribution in [0.5, 0.6) is 0 Å². The number of rotatable bonds is 7. The molecule has 3 aromatic carbocycles. The van der Waals surface area contributed by atoms with Gasteiger partial charge in [0.25, 0.3) is 5.56 Å². The Hall–Kier alpha value is -3.45. The Bertz CT molecular complexity index is 1350. The minimum atomic E-state index is -0.337. The topological polar surface area (TPSA) is 64.0 Å². The molecule has 7 heteroatoms. The molecule has 1 aromatic heterocycles. The molecule has 33 heavy (non-hydrogen) atoms. The first-order valence-corrected chi connectivity index (χ1v) is 11.7. The number of nitrogens with one attached hydrogen (secondary N) is 1. The average molecular weight is 462 g/mol. The highest BCUT2D eigenvalue weighted by atomic mass is 32.2. The second kappa shape index (κ2) is 10.0. The second-order valence-electron chi connectivity index (χ2n) is 8.01. The van der Waals surface area contributed by atoms with Crippen LogP contribution in [0.1, 0.15) is 30.9 Å². The lowest BCUT2D eigenvalue weighted by molar-refractivity contribution is -0.113. The number of para-hydroxylation sites is 2. The third-order valence-electron chi connectivity index (χ3n) is 5.27. The lowest BCUT2D eigenvalue weighted by Gasteiger charge is -2.15. The summed E-state index contributed by atoms with van der Waals surface area (Å²) in [6, 6.07) is 20.9. The summed E-state index contributed by atoms with van der Waals surface area (Å²) in [7, 11) is 0. The van der Waals surface area contributed by atoms with Crippen molar-refractivity contribution in [2.75, 3.05) is 11.1 Å². The molecule has 1 heterocycles. The molecule has 1 amide bonds. The highest BCUT2D eigenvalue weighted by molar-refractivity contribution is 7.99. The van der Waals surface area contributed by atoms with Crippen LogP contribution in [0, 0.1) is 5.82 Å². The predicted molar refractivity (Wildman–Crippen MR) is 131 cm³/mol. The van der Waals surface area contributed by atoms with E-state index in [1.165, 1.54) is 28.5 Å². The van der Waals surface area contributed by atoms with E-state index < -0.39 is 0 Å². The largest absolute Gasteiger partial charge is 0.325 e. The number of hydrogen-bond acceptors (Lipinski definition) is 4. The van der Waals surface area contributed by atoms with Gasteiger partial charge in [0, 0.05) is 5.69 Å². The molecule has 4 rings (SSSR count). The third kappa shape index (κ3) is 5.31. The molecule has 0 spiro atoms. The van der Waals surface area contributed by atoms with Gasteiger partial charge in [-0.25, -0.2) is 9.37 Å². The van der Waals surface area contributed by atoms with E-state index in [4.69, 9.17) is 0 Å². The minimum Gasteiger partial charge on any atom is -0.325 e. The molecular formula is C26H24FN3O2S. The minimum absolute atomic E-state index is 0.0978. The van der Waals surface area contributed by atoms with E-state index in [2.05, 4.69) is 24.1 Å². The number of anilines is 1. The van der Waals surface area contributed by atoms with Gasteiger partial charge in [-0.15, -0.1) is 0 Å². The lowest BCUT2D eigenvalue weighted by Crippen LogP contribution is -2.25. The summed E-state index contributed by atoms with van der Waals surface area (Å²) < 4.78 is 14.9. The van der Waals surface area contributed by atoms with Gasteiger partial charge in [0.05, 0.1) is 23.2 Å². The van der Waals surface area contributed by atoms with Gasteiger partial charge in [0.1, 0.15) is 5.82 Å². The van der Waals surface area contributed by atoms with Crippen molar-refractivity contribution in [2.45, 2.75) is 31.5 Å². The molecule has 0 unspecified atom stereocenters. The summed E-state index contributed by atoms with van der Waals surface area (Å²) >= 11 is 1.21. The van der Waals surface area contributed by atoms with Crippen LogP contribution >= 0.6 is 11.8 Å². The summed E-state index contributed by atoms with van der Waals surface area (Å²) in [6.07, 6.45) is 0. The van der Waals surface area contributed by atoms with Crippen molar-refractivity contribution in [3.63, 3.8) is 0 Å². The second-order valence-corrected chi connectivity index (χ2v) is 8.95. The summed E-state index contributed by atoms with van der Waals surface area (Å²) in [4.78, 5) is 30.6. The summed E-state index contributed by atoms with van der Waals surface area (Å²) in [5, 5.41) is 3.91. The molecule has 0 aliphatic heterocycles. The fourth-order valence-corrected chi connectivity index (χ4v) is 4.40. The number of thioether (sulfide) groups is 1. The van der Waals surface area contributed by atoms with Crippen molar-refractivity contribution in [1.29, 1.82) is 0 Å². The first kappa shape index (κ1) is 22.7. The Morgan fingerprint density at radius 1 is 1.03 bits per heavy atom. The van der Waals surface area contributed by atoms with Crippen molar-refractivity contribution in [3.8, 4) is 0 Å². The Morgan fingerprint density at radius 2 is 1.73 bits per heavy atom. The van der Waals surface area contributed by atoms with Crippen molar-refractivity contribution in [1.82, 2.24) is 9.55 Å². The molecule has 0 aliphatic carbocycles. The van der Waals surface area contributed by atoms with Crippen molar-refractivity contribution < 1.29 is 9.18 Å². The Kier molecular flexibility index (Phi) is 6.89. The monoisotopic (exact) mass is 461 g/mol. The molecule has 0 bridgehead atoms. The van der Waals surface area contributed by atoms with Crippen molar-refractivity contribution >= 4 is 34.3 Å². The zero-order valence-electron chi connectivity index (χ0n) is 18.4. The molecular weight excluding hydrogens is 437 g/mol. The number of fused-ring (bicyclic) bond motifs is 1. The lowest BCUT2D eigenvalue weighted by atomic mass is 10.0. The molecule has 168 valence electrons. The molecule has 0 fully saturated rings. The van der Waals surface area contributed by atoms with Gasteiger partial charge in [-0.1, -0.05) is 68.1 Å². The summed E-state index contributed by atoms with van der Waals surface area (Å²) in [5.41, 5.74) is 3.00. The number of benzene rings is 3. The SMILES string of the molecule is CC(C)c1ccccc1NC(=O)CSc1nc2ccccc2c(=O)n1Cc1ccc(F)cc1. The number of aromatic nitrogens is 2. The normalized spacial score (nSPS) is 11.2. The van der Waals surface area contributed by atoms with E-state index >= 15 is 0 Å². The quantitative estimate of drug-likeness (QED) is 0.294. The smallest absolute Gasteiger partial charge is 0.262 e. The molecule has 0 saturated heterocycles. The fourth-order valence-electron chi connectivity index (χ4n) is 3.60. The molecule has 4 aromatic rings. The summed E-state index contributed by atoms with van der Waals surface area (Å²) in [5.74, 6) is -0.141. The first-order chi connectivity index (χ1) is 15.9. The summed E-state index contributed by atoms with van der Waals surface area (Å²) in [6.45, 7) is 4.39. The maximum Gasteiger partial charge on any atom is 0.262 e. The van der Waals surface area contributed by atoms with E-state index in [0.29, 0.717) is 16.1 Å². The van der Waals surface area contributed by atoms with Crippen LogP contribution in [-0.4, -0.2) is 21.2 Å². The van der Waals surface area contributed by atoms with Gasteiger partial charge in [-0.05, 0) is 47.4 Å². The number of nitrogens with zero attached hydrogens (tertiary/aromatic N) is 2. The number of amides is 1. The number of halogens is 1. The van der Waals surface area contributed by atoms with Gasteiger partial charge in [0.2, 0.25) is 5.91 Å². The van der Waals surface area contributed by atoms with E-state index in [9.17, 15) is 14.0 Å². The molecule has 0 atom stereocenters. The number of hydrogen-bond donors (Lipinski definition) is 1. The Morgan fingerprint density at radius 3 is 2.48 bits per heavy atom. The van der Waals surface area contributed by atoms with E-state index in [1.54, 1.807) is 30.3 Å². The highest BCUT2D eigenvalue weighted by Crippen LogP contribution is 2.25. The van der Waals surface area contributed by atoms with Crippen LogP contribution in [0.25, 0.3) is 10.9 Å². The predicted octanol–water partition coefficient (Wildman–Crippen LogP) is 5.44. The van der Waals surface area contributed by atoms with E-state index in [0.717, 1.165) is 16.8 Å². The van der Waals surface area contributed by atoms with E-state index in [1.807, 2.05) is 30.3 Å². The zero-order valence-corrected chi connectivity index (χ0v) is 19.2. The number of carbonyl (C=O) groups is 1. The molecule has 0 aliphatic rings. The van der Waals surface area contributed by atoms with Gasteiger partial charge in [-0.2, -0.15) is 0 Å². The van der Waals surface area contributed by atoms with Gasteiger partial charge in [-0.3, -0.25) is 14.2 Å². The van der Waals surface area contributed by atoms with Crippen LogP contribution < -0.4 is 10.9 Å². The number of carbonyl (C=O) groups excluding carboxylic acids is 1. The van der Waals surface area contributed by atoms with Crippen LogP contribution in [0.3, 0.4) is 0 Å². The van der Waals surface area contributed by atoms with Crippen LogP contribution in [0.2, 0.25) is 0 Å². The van der Waals surface area contributed by atoms with Crippen molar-refractivity contribution in [3.05, 3.63) is 100 Å². The maximum atomic E-state index is 13.3. The average Bonchev–Trinajstić information content (AvgIpc) is 2.81. The first-order valence-electron chi connectivity index (χ1n) is 10.7. The van der Waals surface area contributed by atoms with Crippen LogP contribution in [-0.2, 0) is 11.3 Å². The molecule has 5 nitrogen and oxygen atoms in total. The molecule has 0 radical (unpaired) electrons. The zero-order chi connectivity index (χ0) is 23.4.